The van der Waals surface area contributed by atoms with Gasteiger partial charge in [0.25, 0.3) is 0 Å². The van der Waals surface area contributed by atoms with E-state index in [0.717, 1.165) is 18.4 Å². The standard InChI is InChI=1S/C16H18N2O2/c19-15(8-4-7-13-5-2-1-3-6-13)18-12-14-9-10-17-16(20)11-14/h1-3,5-6,9-11H,4,7-8,12H2,(H,17,20)(H,18,19). The van der Waals surface area contributed by atoms with Gasteiger partial charge in [-0.3, -0.25) is 9.59 Å². The molecular formula is C16H18N2O2. The van der Waals surface area contributed by atoms with Gasteiger partial charge in [0.15, 0.2) is 0 Å². The normalized spacial score (nSPS) is 10.2. The van der Waals surface area contributed by atoms with Crippen LogP contribution in [0, 0.1) is 0 Å². The van der Waals surface area contributed by atoms with Gasteiger partial charge in [-0.1, -0.05) is 30.3 Å². The summed E-state index contributed by atoms with van der Waals surface area (Å²) in [6.07, 6.45) is 3.81. The molecule has 2 aromatic rings. The summed E-state index contributed by atoms with van der Waals surface area (Å²) in [5, 5.41) is 2.82. The van der Waals surface area contributed by atoms with Crippen molar-refractivity contribution in [2.45, 2.75) is 25.8 Å². The highest BCUT2D eigenvalue weighted by Crippen LogP contribution is 2.04. The van der Waals surface area contributed by atoms with Crippen molar-refractivity contribution in [1.29, 1.82) is 0 Å². The Labute approximate surface area is 117 Å². The molecule has 0 bridgehead atoms. The molecule has 0 unspecified atom stereocenters. The van der Waals surface area contributed by atoms with Crippen LogP contribution in [0.4, 0.5) is 0 Å². The summed E-state index contributed by atoms with van der Waals surface area (Å²) in [5.74, 6) is 0.0150. The Morgan fingerprint density at radius 3 is 2.65 bits per heavy atom. The predicted octanol–water partition coefficient (Wildman–Crippen LogP) is 2.01. The number of benzene rings is 1. The number of amides is 1. The zero-order valence-electron chi connectivity index (χ0n) is 11.3. The van der Waals surface area contributed by atoms with Crippen molar-refractivity contribution in [3.8, 4) is 0 Å². The lowest BCUT2D eigenvalue weighted by atomic mass is 10.1. The Morgan fingerprint density at radius 1 is 1.10 bits per heavy atom. The molecule has 20 heavy (non-hydrogen) atoms. The molecule has 2 rings (SSSR count). The Hall–Kier alpha value is -2.36. The Morgan fingerprint density at radius 2 is 1.90 bits per heavy atom. The lowest BCUT2D eigenvalue weighted by molar-refractivity contribution is -0.121. The number of aromatic amines is 1. The third-order valence-electron chi connectivity index (χ3n) is 3.04. The van der Waals surface area contributed by atoms with Gasteiger partial charge in [0, 0.05) is 25.2 Å². The molecule has 1 aromatic carbocycles. The van der Waals surface area contributed by atoms with Crippen molar-refractivity contribution in [1.82, 2.24) is 10.3 Å². The highest BCUT2D eigenvalue weighted by molar-refractivity contribution is 5.75. The van der Waals surface area contributed by atoms with E-state index in [0.29, 0.717) is 13.0 Å². The summed E-state index contributed by atoms with van der Waals surface area (Å²) in [7, 11) is 0. The summed E-state index contributed by atoms with van der Waals surface area (Å²) in [6.45, 7) is 0.397. The highest BCUT2D eigenvalue weighted by Gasteiger charge is 2.02. The second-order valence-electron chi connectivity index (χ2n) is 4.68. The number of pyridine rings is 1. The van der Waals surface area contributed by atoms with Crippen molar-refractivity contribution in [3.63, 3.8) is 0 Å². The van der Waals surface area contributed by atoms with Crippen LogP contribution in [-0.4, -0.2) is 10.9 Å². The summed E-state index contributed by atoms with van der Waals surface area (Å²) < 4.78 is 0. The molecule has 0 atom stereocenters. The van der Waals surface area contributed by atoms with E-state index in [-0.39, 0.29) is 11.5 Å². The molecule has 2 N–H and O–H groups in total. The number of carbonyl (C=O) groups is 1. The van der Waals surface area contributed by atoms with Crippen LogP contribution < -0.4 is 10.9 Å². The SMILES string of the molecule is O=C(CCCc1ccccc1)NCc1cc[nH]c(=O)c1. The summed E-state index contributed by atoms with van der Waals surface area (Å²) in [5.41, 5.74) is 1.90. The first-order valence-electron chi connectivity index (χ1n) is 6.72. The molecule has 0 spiro atoms. The van der Waals surface area contributed by atoms with E-state index in [4.69, 9.17) is 0 Å². The molecule has 1 amide bonds. The number of carbonyl (C=O) groups excluding carboxylic acids is 1. The van der Waals surface area contributed by atoms with Crippen molar-refractivity contribution >= 4 is 5.91 Å². The molecule has 4 heteroatoms. The molecule has 0 fully saturated rings. The van der Waals surface area contributed by atoms with Gasteiger partial charge in [0.05, 0.1) is 0 Å². The van der Waals surface area contributed by atoms with Gasteiger partial charge >= 0.3 is 0 Å². The summed E-state index contributed by atoms with van der Waals surface area (Å²) >= 11 is 0. The van der Waals surface area contributed by atoms with Crippen LogP contribution in [0.15, 0.2) is 53.5 Å². The fourth-order valence-electron chi connectivity index (χ4n) is 1.99. The lowest BCUT2D eigenvalue weighted by Crippen LogP contribution is -2.23. The number of hydrogen-bond acceptors (Lipinski definition) is 2. The van der Waals surface area contributed by atoms with Crippen molar-refractivity contribution in [2.24, 2.45) is 0 Å². The quantitative estimate of drug-likeness (QED) is 0.843. The third kappa shape index (κ3) is 4.72. The van der Waals surface area contributed by atoms with Gasteiger partial charge in [-0.15, -0.1) is 0 Å². The van der Waals surface area contributed by atoms with Crippen molar-refractivity contribution in [2.75, 3.05) is 0 Å². The minimum absolute atomic E-state index is 0.0150. The van der Waals surface area contributed by atoms with E-state index >= 15 is 0 Å². The predicted molar refractivity (Wildman–Crippen MR) is 78.3 cm³/mol. The van der Waals surface area contributed by atoms with E-state index in [9.17, 15) is 9.59 Å². The molecule has 0 aliphatic rings. The third-order valence-corrected chi connectivity index (χ3v) is 3.04. The molecule has 0 saturated heterocycles. The smallest absolute Gasteiger partial charge is 0.248 e. The van der Waals surface area contributed by atoms with Crippen LogP contribution in [0.25, 0.3) is 0 Å². The molecule has 1 aromatic heterocycles. The van der Waals surface area contributed by atoms with E-state index in [1.165, 1.54) is 11.6 Å². The maximum atomic E-state index is 11.7. The summed E-state index contributed by atoms with van der Waals surface area (Å²) in [6, 6.07) is 13.4. The maximum absolute atomic E-state index is 11.7. The molecule has 1 heterocycles. The van der Waals surface area contributed by atoms with E-state index in [1.807, 2.05) is 18.2 Å². The van der Waals surface area contributed by atoms with Crippen LogP contribution in [0.1, 0.15) is 24.0 Å². The first-order valence-corrected chi connectivity index (χ1v) is 6.72. The lowest BCUT2D eigenvalue weighted by Gasteiger charge is -2.05. The molecule has 0 aliphatic carbocycles. The Kier molecular flexibility index (Phi) is 5.12. The second-order valence-corrected chi connectivity index (χ2v) is 4.68. The minimum atomic E-state index is -0.152. The molecule has 4 nitrogen and oxygen atoms in total. The van der Waals surface area contributed by atoms with Gasteiger partial charge in [0.2, 0.25) is 11.5 Å². The molecule has 0 aliphatic heterocycles. The number of aromatic nitrogens is 1. The average Bonchev–Trinajstić information content (AvgIpc) is 2.46. The van der Waals surface area contributed by atoms with Crippen LogP contribution >= 0.6 is 0 Å². The number of H-pyrrole nitrogens is 1. The van der Waals surface area contributed by atoms with E-state index < -0.39 is 0 Å². The number of nitrogens with one attached hydrogen (secondary N) is 2. The Bertz CT molecular complexity index is 605. The summed E-state index contributed by atoms with van der Waals surface area (Å²) in [4.78, 5) is 25.3. The zero-order chi connectivity index (χ0) is 14.2. The van der Waals surface area contributed by atoms with Gasteiger partial charge in [-0.2, -0.15) is 0 Å². The van der Waals surface area contributed by atoms with Crippen molar-refractivity contribution < 1.29 is 4.79 Å². The minimum Gasteiger partial charge on any atom is -0.352 e. The number of rotatable bonds is 6. The highest BCUT2D eigenvalue weighted by atomic mass is 16.1. The fourth-order valence-corrected chi connectivity index (χ4v) is 1.99. The molecule has 0 saturated carbocycles. The molecular weight excluding hydrogens is 252 g/mol. The second kappa shape index (κ2) is 7.28. The van der Waals surface area contributed by atoms with Crippen LogP contribution in [0.3, 0.4) is 0 Å². The fraction of sp³-hybridized carbons (Fsp3) is 0.250. The Balaban J connectivity index is 1.69. The van der Waals surface area contributed by atoms with Gasteiger partial charge in [-0.05, 0) is 30.0 Å². The first-order chi connectivity index (χ1) is 9.74. The monoisotopic (exact) mass is 270 g/mol. The van der Waals surface area contributed by atoms with Crippen LogP contribution in [0.2, 0.25) is 0 Å². The molecule has 0 radical (unpaired) electrons. The topological polar surface area (TPSA) is 62.0 Å². The van der Waals surface area contributed by atoms with Crippen LogP contribution in [-0.2, 0) is 17.8 Å². The number of hydrogen-bond donors (Lipinski definition) is 2. The first kappa shape index (κ1) is 14.1. The maximum Gasteiger partial charge on any atom is 0.248 e. The zero-order valence-corrected chi connectivity index (χ0v) is 11.3. The van der Waals surface area contributed by atoms with Gasteiger partial charge < -0.3 is 10.3 Å². The molecule has 104 valence electrons. The van der Waals surface area contributed by atoms with Gasteiger partial charge in [0.1, 0.15) is 0 Å². The van der Waals surface area contributed by atoms with Crippen LogP contribution in [0.5, 0.6) is 0 Å². The van der Waals surface area contributed by atoms with Crippen molar-refractivity contribution in [3.05, 3.63) is 70.1 Å². The van der Waals surface area contributed by atoms with Gasteiger partial charge in [-0.25, -0.2) is 0 Å². The average molecular weight is 270 g/mol. The van der Waals surface area contributed by atoms with E-state index in [2.05, 4.69) is 22.4 Å². The largest absolute Gasteiger partial charge is 0.352 e. The number of aryl methyl sites for hydroxylation is 1. The van der Waals surface area contributed by atoms with E-state index in [1.54, 1.807) is 12.3 Å².